The highest BCUT2D eigenvalue weighted by Gasteiger charge is 2.20. The van der Waals surface area contributed by atoms with Gasteiger partial charge >= 0.3 is 5.97 Å². The molecule has 0 spiro atoms. The van der Waals surface area contributed by atoms with E-state index in [1.54, 1.807) is 0 Å². The lowest BCUT2D eigenvalue weighted by Crippen LogP contribution is -2.42. The van der Waals surface area contributed by atoms with E-state index in [1.807, 2.05) is 84.9 Å². The molecule has 0 bridgehead atoms. The Kier molecular flexibility index (Phi) is 7.61. The lowest BCUT2D eigenvalue weighted by atomic mass is 10.0. The van der Waals surface area contributed by atoms with Gasteiger partial charge in [0.15, 0.2) is 0 Å². The molecule has 0 aliphatic heterocycles. The average molecular weight is 403 g/mol. The molecule has 0 radical (unpaired) electrons. The molecule has 3 aromatic rings. The number of hydrogen-bond donors (Lipinski definition) is 2. The van der Waals surface area contributed by atoms with Gasteiger partial charge in [0, 0.05) is 12.8 Å². The van der Waals surface area contributed by atoms with E-state index in [-0.39, 0.29) is 18.7 Å². The van der Waals surface area contributed by atoms with Crippen molar-refractivity contribution in [2.45, 2.75) is 31.9 Å². The molecule has 1 amide bonds. The number of rotatable bonds is 10. The van der Waals surface area contributed by atoms with E-state index in [4.69, 9.17) is 4.74 Å². The van der Waals surface area contributed by atoms with Crippen LogP contribution in [0.4, 0.5) is 0 Å². The van der Waals surface area contributed by atoms with Crippen molar-refractivity contribution in [2.75, 3.05) is 0 Å². The van der Waals surface area contributed by atoms with Crippen LogP contribution in [0.2, 0.25) is 0 Å². The first-order valence-corrected chi connectivity index (χ1v) is 9.92. The van der Waals surface area contributed by atoms with Crippen LogP contribution in [0.3, 0.4) is 0 Å². The van der Waals surface area contributed by atoms with E-state index < -0.39 is 12.0 Å². The maximum atomic E-state index is 12.2. The van der Waals surface area contributed by atoms with Crippen molar-refractivity contribution in [1.82, 2.24) is 5.32 Å². The van der Waals surface area contributed by atoms with Gasteiger partial charge in [-0.05, 0) is 35.2 Å². The lowest BCUT2D eigenvalue weighted by molar-refractivity contribution is -0.141. The van der Waals surface area contributed by atoms with E-state index in [1.165, 1.54) is 0 Å². The molecular weight excluding hydrogens is 378 g/mol. The normalized spacial score (nSPS) is 11.5. The van der Waals surface area contributed by atoms with E-state index >= 15 is 0 Å². The molecule has 0 saturated carbocycles. The average Bonchev–Trinajstić information content (AvgIpc) is 2.77. The van der Waals surface area contributed by atoms with Gasteiger partial charge < -0.3 is 15.2 Å². The summed E-state index contributed by atoms with van der Waals surface area (Å²) < 4.78 is 5.81. The number of carbonyl (C=O) groups is 2. The molecule has 0 saturated heterocycles. The number of carbonyl (C=O) groups excluding carboxylic acids is 1. The molecule has 30 heavy (non-hydrogen) atoms. The fourth-order valence-electron chi connectivity index (χ4n) is 3.11. The van der Waals surface area contributed by atoms with Gasteiger partial charge in [-0.25, -0.2) is 4.79 Å². The number of ether oxygens (including phenoxy) is 1. The Bertz CT molecular complexity index is 957. The lowest BCUT2D eigenvalue weighted by Gasteiger charge is -2.15. The van der Waals surface area contributed by atoms with Crippen molar-refractivity contribution in [3.05, 3.63) is 102 Å². The number of benzene rings is 3. The van der Waals surface area contributed by atoms with Crippen molar-refractivity contribution in [2.24, 2.45) is 0 Å². The van der Waals surface area contributed by atoms with Crippen LogP contribution < -0.4 is 10.1 Å². The number of carboxylic acids is 1. The Hall–Kier alpha value is -3.60. The SMILES string of the molecule is O=C(CCc1ccccc1)N[C@H](Cc1cccc(OCc2ccccc2)c1)C(=O)O. The molecular formula is C25H25NO4. The Morgan fingerprint density at radius 3 is 2.13 bits per heavy atom. The first-order chi connectivity index (χ1) is 14.6. The second kappa shape index (κ2) is 10.8. The van der Waals surface area contributed by atoms with Crippen molar-refractivity contribution in [3.8, 4) is 5.75 Å². The molecule has 1 atom stereocenters. The first-order valence-electron chi connectivity index (χ1n) is 9.92. The molecule has 154 valence electrons. The summed E-state index contributed by atoms with van der Waals surface area (Å²) in [7, 11) is 0. The number of aryl methyl sites for hydroxylation is 1. The molecule has 0 fully saturated rings. The number of carboxylic acid groups (broad SMARTS) is 1. The minimum absolute atomic E-state index is 0.189. The molecule has 0 aliphatic carbocycles. The predicted octanol–water partition coefficient (Wildman–Crippen LogP) is 4.01. The molecule has 0 aliphatic rings. The zero-order valence-electron chi connectivity index (χ0n) is 16.7. The van der Waals surface area contributed by atoms with Crippen LogP contribution in [0, 0.1) is 0 Å². The molecule has 2 N–H and O–H groups in total. The summed E-state index contributed by atoms with van der Waals surface area (Å²) in [6.07, 6.45) is 1.00. The summed E-state index contributed by atoms with van der Waals surface area (Å²) in [6, 6.07) is 25.8. The number of amides is 1. The third-order valence-electron chi connectivity index (χ3n) is 4.70. The summed E-state index contributed by atoms with van der Waals surface area (Å²) in [5.74, 6) is -0.669. The second-order valence-electron chi connectivity index (χ2n) is 7.07. The Labute approximate surface area is 176 Å². The minimum atomic E-state index is -1.06. The van der Waals surface area contributed by atoms with Gasteiger partial charge in [-0.2, -0.15) is 0 Å². The fourth-order valence-corrected chi connectivity index (χ4v) is 3.11. The van der Waals surface area contributed by atoms with Gasteiger partial charge in [0.05, 0.1) is 0 Å². The van der Waals surface area contributed by atoms with E-state index in [2.05, 4.69) is 5.32 Å². The van der Waals surface area contributed by atoms with Gasteiger partial charge in [-0.3, -0.25) is 4.79 Å². The van der Waals surface area contributed by atoms with Gasteiger partial charge in [0.1, 0.15) is 18.4 Å². The molecule has 3 aromatic carbocycles. The largest absolute Gasteiger partial charge is 0.489 e. The van der Waals surface area contributed by atoms with Gasteiger partial charge in [-0.1, -0.05) is 72.8 Å². The third kappa shape index (κ3) is 6.78. The van der Waals surface area contributed by atoms with Crippen LogP contribution in [0.5, 0.6) is 5.75 Å². The highest BCUT2D eigenvalue weighted by Crippen LogP contribution is 2.17. The molecule has 0 aromatic heterocycles. The smallest absolute Gasteiger partial charge is 0.326 e. The number of nitrogens with one attached hydrogen (secondary N) is 1. The Balaban J connectivity index is 1.55. The highest BCUT2D eigenvalue weighted by atomic mass is 16.5. The highest BCUT2D eigenvalue weighted by molar-refractivity contribution is 5.83. The summed E-state index contributed by atoms with van der Waals surface area (Å²) in [4.78, 5) is 23.9. The molecule has 5 nitrogen and oxygen atoms in total. The van der Waals surface area contributed by atoms with Gasteiger partial charge in [0.25, 0.3) is 0 Å². The Morgan fingerprint density at radius 2 is 1.47 bits per heavy atom. The Morgan fingerprint density at radius 1 is 0.833 bits per heavy atom. The summed E-state index contributed by atoms with van der Waals surface area (Å²) >= 11 is 0. The first kappa shape index (κ1) is 21.1. The van der Waals surface area contributed by atoms with Crippen molar-refractivity contribution >= 4 is 11.9 Å². The topological polar surface area (TPSA) is 75.6 Å². The van der Waals surface area contributed by atoms with E-state index in [0.29, 0.717) is 18.8 Å². The molecule has 3 rings (SSSR count). The van der Waals surface area contributed by atoms with Crippen LogP contribution in [-0.4, -0.2) is 23.0 Å². The van der Waals surface area contributed by atoms with Crippen LogP contribution >= 0.6 is 0 Å². The molecule has 5 heteroatoms. The van der Waals surface area contributed by atoms with Crippen molar-refractivity contribution in [3.63, 3.8) is 0 Å². The van der Waals surface area contributed by atoms with Crippen LogP contribution in [0.25, 0.3) is 0 Å². The predicted molar refractivity (Wildman–Crippen MR) is 115 cm³/mol. The summed E-state index contributed by atoms with van der Waals surface area (Å²) in [6.45, 7) is 0.433. The van der Waals surface area contributed by atoms with Crippen LogP contribution in [0.1, 0.15) is 23.1 Å². The second-order valence-corrected chi connectivity index (χ2v) is 7.07. The monoisotopic (exact) mass is 403 g/mol. The van der Waals surface area contributed by atoms with Crippen molar-refractivity contribution in [1.29, 1.82) is 0 Å². The maximum Gasteiger partial charge on any atom is 0.326 e. The van der Waals surface area contributed by atoms with Gasteiger partial charge in [-0.15, -0.1) is 0 Å². The standard InChI is InChI=1S/C25H25NO4/c27-24(15-14-19-8-3-1-4-9-19)26-23(25(28)29)17-21-12-7-13-22(16-21)30-18-20-10-5-2-6-11-20/h1-13,16,23H,14-15,17-18H2,(H,26,27)(H,28,29)/t23-/m1/s1. The van der Waals surface area contributed by atoms with E-state index in [0.717, 1.165) is 16.7 Å². The van der Waals surface area contributed by atoms with Crippen LogP contribution in [-0.2, 0) is 29.0 Å². The summed E-state index contributed by atoms with van der Waals surface area (Å²) in [5.41, 5.74) is 2.89. The maximum absolute atomic E-state index is 12.2. The minimum Gasteiger partial charge on any atom is -0.489 e. The zero-order chi connectivity index (χ0) is 21.2. The fraction of sp³-hybridized carbons (Fsp3) is 0.200. The third-order valence-corrected chi connectivity index (χ3v) is 4.70. The number of hydrogen-bond acceptors (Lipinski definition) is 3. The molecule has 0 unspecified atom stereocenters. The van der Waals surface area contributed by atoms with Crippen LogP contribution in [0.15, 0.2) is 84.9 Å². The zero-order valence-corrected chi connectivity index (χ0v) is 16.7. The quantitative estimate of drug-likeness (QED) is 0.536. The van der Waals surface area contributed by atoms with Gasteiger partial charge in [0.2, 0.25) is 5.91 Å². The van der Waals surface area contributed by atoms with Crippen molar-refractivity contribution < 1.29 is 19.4 Å². The molecule has 0 heterocycles. The van der Waals surface area contributed by atoms with E-state index in [9.17, 15) is 14.7 Å². The number of aliphatic carboxylic acids is 1. The summed E-state index contributed by atoms with van der Waals surface area (Å²) in [5, 5.41) is 12.2.